The van der Waals surface area contributed by atoms with Gasteiger partial charge in [-0.1, -0.05) is 12.1 Å². The number of anilines is 2. The maximum Gasteiger partial charge on any atom is 0.225 e. The molecule has 0 amide bonds. The molecule has 26 heavy (non-hydrogen) atoms. The lowest BCUT2D eigenvalue weighted by atomic mass is 10.1. The van der Waals surface area contributed by atoms with E-state index in [1.54, 1.807) is 18.2 Å². The Bertz CT molecular complexity index is 933. The highest BCUT2D eigenvalue weighted by atomic mass is 19.1. The number of rotatable bonds is 5. The van der Waals surface area contributed by atoms with Gasteiger partial charge in [0.15, 0.2) is 11.6 Å². The van der Waals surface area contributed by atoms with Gasteiger partial charge < -0.3 is 11.1 Å². The number of benzene rings is 1. The van der Waals surface area contributed by atoms with Gasteiger partial charge in [0.1, 0.15) is 17.2 Å². The zero-order valence-corrected chi connectivity index (χ0v) is 14.1. The van der Waals surface area contributed by atoms with E-state index in [0.717, 1.165) is 24.1 Å². The first-order valence-electron chi connectivity index (χ1n) is 8.42. The van der Waals surface area contributed by atoms with E-state index in [1.807, 2.05) is 6.92 Å². The third-order valence-corrected chi connectivity index (χ3v) is 4.45. The summed E-state index contributed by atoms with van der Waals surface area (Å²) in [5.74, 6) is -0.601. The molecule has 1 atom stereocenters. The molecule has 1 fully saturated rings. The van der Waals surface area contributed by atoms with Gasteiger partial charge in [0.25, 0.3) is 0 Å². The highest BCUT2D eigenvalue weighted by Gasteiger charge is 2.27. The second-order valence-corrected chi connectivity index (χ2v) is 6.50. The van der Waals surface area contributed by atoms with Crippen molar-refractivity contribution in [3.63, 3.8) is 0 Å². The third-order valence-electron chi connectivity index (χ3n) is 4.45. The monoisotopic (exact) mass is 356 g/mol. The Morgan fingerprint density at radius 1 is 1.19 bits per heavy atom. The number of H-pyrrole nitrogens is 1. The first-order chi connectivity index (χ1) is 12.5. The number of nitrogens with two attached hydrogens (primary N) is 1. The summed E-state index contributed by atoms with van der Waals surface area (Å²) in [5, 5.41) is 10.2. The number of aromatic amines is 1. The van der Waals surface area contributed by atoms with Crippen molar-refractivity contribution >= 4 is 11.8 Å². The first-order valence-corrected chi connectivity index (χ1v) is 8.42. The smallest absolute Gasteiger partial charge is 0.225 e. The lowest BCUT2D eigenvalue weighted by Gasteiger charge is -2.15. The summed E-state index contributed by atoms with van der Waals surface area (Å²) in [7, 11) is 0. The fourth-order valence-corrected chi connectivity index (χ4v) is 2.79. The lowest BCUT2D eigenvalue weighted by Crippen LogP contribution is -2.12. The van der Waals surface area contributed by atoms with Crippen molar-refractivity contribution in [1.29, 1.82) is 0 Å². The highest BCUT2D eigenvalue weighted by Crippen LogP contribution is 2.40. The molecule has 3 aromatic rings. The number of hydrogen-bond donors (Lipinski definition) is 3. The van der Waals surface area contributed by atoms with Crippen molar-refractivity contribution in [3.05, 3.63) is 53.2 Å². The van der Waals surface area contributed by atoms with Gasteiger partial charge in [-0.25, -0.2) is 13.8 Å². The number of nitrogens with one attached hydrogen (secondary N) is 2. The number of aromatic nitrogens is 4. The third kappa shape index (κ3) is 3.22. The summed E-state index contributed by atoms with van der Waals surface area (Å²) in [5.41, 5.74) is 7.99. The molecule has 1 aliphatic rings. The van der Waals surface area contributed by atoms with Crippen LogP contribution >= 0.6 is 0 Å². The minimum Gasteiger partial charge on any atom is -0.381 e. The molecule has 1 saturated carbocycles. The molecule has 0 unspecified atom stereocenters. The van der Waals surface area contributed by atoms with Crippen molar-refractivity contribution < 1.29 is 8.78 Å². The average molecular weight is 356 g/mol. The summed E-state index contributed by atoms with van der Waals surface area (Å²) >= 11 is 0. The number of nitrogen functional groups attached to an aromatic ring is 1. The van der Waals surface area contributed by atoms with E-state index in [1.165, 1.54) is 12.1 Å². The predicted octanol–water partition coefficient (Wildman–Crippen LogP) is 3.78. The normalized spacial score (nSPS) is 15.0. The lowest BCUT2D eigenvalue weighted by molar-refractivity contribution is 0.622. The Morgan fingerprint density at radius 2 is 1.92 bits per heavy atom. The molecule has 134 valence electrons. The van der Waals surface area contributed by atoms with Crippen LogP contribution in [0.25, 0.3) is 11.4 Å². The molecule has 1 aliphatic carbocycles. The predicted molar refractivity (Wildman–Crippen MR) is 94.4 cm³/mol. The minimum absolute atomic E-state index is 0.0504. The Hall–Kier alpha value is -3.03. The van der Waals surface area contributed by atoms with Crippen LogP contribution < -0.4 is 11.1 Å². The second kappa shape index (κ2) is 6.36. The molecule has 0 radical (unpaired) electrons. The van der Waals surface area contributed by atoms with Crippen LogP contribution in [-0.2, 0) is 0 Å². The molecule has 0 aliphatic heterocycles. The summed E-state index contributed by atoms with van der Waals surface area (Å²) in [6.07, 6.45) is 2.22. The Morgan fingerprint density at radius 3 is 2.62 bits per heavy atom. The van der Waals surface area contributed by atoms with E-state index in [-0.39, 0.29) is 29.3 Å². The van der Waals surface area contributed by atoms with Gasteiger partial charge in [-0.15, -0.1) is 0 Å². The number of halogens is 2. The van der Waals surface area contributed by atoms with E-state index in [9.17, 15) is 8.78 Å². The molecule has 4 rings (SSSR count). The molecule has 0 bridgehead atoms. The van der Waals surface area contributed by atoms with E-state index < -0.39 is 5.82 Å². The van der Waals surface area contributed by atoms with E-state index in [4.69, 9.17) is 5.73 Å². The molecule has 2 aromatic heterocycles. The minimum atomic E-state index is -0.696. The molecular formula is C18H18F2N6. The average Bonchev–Trinajstić information content (AvgIpc) is 3.36. The van der Waals surface area contributed by atoms with Gasteiger partial charge in [-0.2, -0.15) is 10.1 Å². The van der Waals surface area contributed by atoms with Crippen LogP contribution in [0.15, 0.2) is 30.3 Å². The summed E-state index contributed by atoms with van der Waals surface area (Å²) in [4.78, 5) is 8.21. The Labute approximate surface area is 148 Å². The van der Waals surface area contributed by atoms with Gasteiger partial charge in [-0.3, -0.25) is 5.10 Å². The van der Waals surface area contributed by atoms with Crippen molar-refractivity contribution in [2.75, 3.05) is 11.1 Å². The van der Waals surface area contributed by atoms with Crippen LogP contribution in [-0.4, -0.2) is 20.2 Å². The van der Waals surface area contributed by atoms with Crippen LogP contribution in [0.2, 0.25) is 0 Å². The molecular weight excluding hydrogens is 338 g/mol. The van der Waals surface area contributed by atoms with Gasteiger partial charge in [-0.05, 0) is 43.5 Å². The van der Waals surface area contributed by atoms with E-state index >= 15 is 0 Å². The number of nitrogens with zero attached hydrogens (tertiary/aromatic N) is 3. The zero-order valence-electron chi connectivity index (χ0n) is 14.1. The van der Waals surface area contributed by atoms with Crippen molar-refractivity contribution in [2.24, 2.45) is 0 Å². The summed E-state index contributed by atoms with van der Waals surface area (Å²) in [6.45, 7) is 1.87. The second-order valence-electron chi connectivity index (χ2n) is 6.50. The molecule has 2 heterocycles. The summed E-state index contributed by atoms with van der Waals surface area (Å²) < 4.78 is 27.5. The molecule has 0 spiro atoms. The molecule has 8 heteroatoms. The standard InChI is InChI=1S/C18H18F2N6/c1-9(10-4-6-12(19)7-5-10)22-18-23-16(15(20)17(21)24-18)14-8-13(25-26-14)11-2-3-11/h4-9,11H,2-3H2,1H3,(H,25,26)(H3,21,22,23,24)/t9-/m0/s1. The topological polar surface area (TPSA) is 92.5 Å². The highest BCUT2D eigenvalue weighted by molar-refractivity contribution is 5.62. The maximum absolute atomic E-state index is 14.4. The van der Waals surface area contributed by atoms with Gasteiger partial charge in [0.05, 0.1) is 6.04 Å². The van der Waals surface area contributed by atoms with E-state index in [0.29, 0.717) is 11.6 Å². The molecule has 6 nitrogen and oxygen atoms in total. The molecule has 1 aromatic carbocycles. The summed E-state index contributed by atoms with van der Waals surface area (Å²) in [6, 6.07) is 7.67. The van der Waals surface area contributed by atoms with Crippen molar-refractivity contribution in [2.45, 2.75) is 31.7 Å². The van der Waals surface area contributed by atoms with Crippen LogP contribution in [0.4, 0.5) is 20.5 Å². The Kier molecular flexibility index (Phi) is 4.02. The Balaban J connectivity index is 1.62. The first kappa shape index (κ1) is 16.4. The van der Waals surface area contributed by atoms with Crippen LogP contribution in [0.3, 0.4) is 0 Å². The fourth-order valence-electron chi connectivity index (χ4n) is 2.79. The molecule has 4 N–H and O–H groups in total. The van der Waals surface area contributed by atoms with Crippen LogP contribution in [0.5, 0.6) is 0 Å². The van der Waals surface area contributed by atoms with E-state index in [2.05, 4.69) is 25.5 Å². The molecule has 0 saturated heterocycles. The fraction of sp³-hybridized carbons (Fsp3) is 0.278. The van der Waals surface area contributed by atoms with Gasteiger partial charge in [0.2, 0.25) is 5.95 Å². The maximum atomic E-state index is 14.4. The SMILES string of the molecule is C[C@H](Nc1nc(N)c(F)c(-c2cc(C3CC3)[nH]n2)n1)c1ccc(F)cc1. The zero-order chi connectivity index (χ0) is 18.3. The van der Waals surface area contributed by atoms with Crippen molar-refractivity contribution in [1.82, 2.24) is 20.2 Å². The van der Waals surface area contributed by atoms with Gasteiger partial charge >= 0.3 is 0 Å². The van der Waals surface area contributed by atoms with Crippen molar-refractivity contribution in [3.8, 4) is 11.4 Å². The van der Waals surface area contributed by atoms with Crippen LogP contribution in [0, 0.1) is 11.6 Å². The quantitative estimate of drug-likeness (QED) is 0.647. The van der Waals surface area contributed by atoms with Gasteiger partial charge in [0, 0.05) is 11.6 Å². The largest absolute Gasteiger partial charge is 0.381 e. The number of hydrogen-bond acceptors (Lipinski definition) is 5. The van der Waals surface area contributed by atoms with Crippen LogP contribution in [0.1, 0.15) is 43.0 Å².